The number of ether oxygens (including phenoxy) is 1. The number of hydrogen-bond acceptors (Lipinski definition) is 5. The third-order valence-corrected chi connectivity index (χ3v) is 3.14. The van der Waals surface area contributed by atoms with Gasteiger partial charge >= 0.3 is 0 Å². The lowest BCUT2D eigenvalue weighted by molar-refractivity contribution is 0.0692. The van der Waals surface area contributed by atoms with Gasteiger partial charge in [-0.15, -0.1) is 0 Å². The maximum absolute atomic E-state index is 12.3. The maximum Gasteiger partial charge on any atom is 0.276 e. The van der Waals surface area contributed by atoms with Crippen molar-refractivity contribution in [2.45, 2.75) is 26.0 Å². The standard InChI is InChI=1S/C12H19N3O3/c1-3-15(9-4-5-13-7-9)12(16)11-6-10(8-17-2)18-14-11/h6,9,13H,3-5,7-8H2,1-2H3. The lowest BCUT2D eigenvalue weighted by Crippen LogP contribution is -2.41. The summed E-state index contributed by atoms with van der Waals surface area (Å²) in [6.07, 6.45) is 0.988. The zero-order valence-electron chi connectivity index (χ0n) is 10.8. The fourth-order valence-electron chi connectivity index (χ4n) is 2.24. The number of nitrogens with zero attached hydrogens (tertiary/aromatic N) is 2. The van der Waals surface area contributed by atoms with E-state index in [-0.39, 0.29) is 11.9 Å². The Morgan fingerprint density at radius 3 is 3.17 bits per heavy atom. The van der Waals surface area contributed by atoms with Crippen LogP contribution in [0.15, 0.2) is 10.6 Å². The average molecular weight is 253 g/mol. The number of likely N-dealkylation sites (N-methyl/N-ethyl adjacent to an activating group) is 1. The summed E-state index contributed by atoms with van der Waals surface area (Å²) in [4.78, 5) is 14.2. The molecule has 100 valence electrons. The Labute approximate surface area is 106 Å². The fraction of sp³-hybridized carbons (Fsp3) is 0.667. The Hall–Kier alpha value is -1.40. The highest BCUT2D eigenvalue weighted by molar-refractivity contribution is 5.92. The zero-order valence-corrected chi connectivity index (χ0v) is 10.8. The van der Waals surface area contributed by atoms with E-state index < -0.39 is 0 Å². The minimum Gasteiger partial charge on any atom is -0.377 e. The quantitative estimate of drug-likeness (QED) is 0.834. The second kappa shape index (κ2) is 5.97. The van der Waals surface area contributed by atoms with Crippen molar-refractivity contribution in [3.05, 3.63) is 17.5 Å². The van der Waals surface area contributed by atoms with E-state index in [1.54, 1.807) is 13.2 Å². The normalized spacial score (nSPS) is 19.1. The Bertz CT molecular complexity index is 399. The van der Waals surface area contributed by atoms with Gasteiger partial charge in [0.15, 0.2) is 11.5 Å². The number of carbonyl (C=O) groups is 1. The minimum atomic E-state index is -0.0719. The Kier molecular flexibility index (Phi) is 4.33. The highest BCUT2D eigenvalue weighted by Crippen LogP contribution is 2.14. The molecule has 1 fully saturated rings. The summed E-state index contributed by atoms with van der Waals surface area (Å²) in [6.45, 7) is 4.80. The number of carbonyl (C=O) groups excluding carboxylic acids is 1. The summed E-state index contributed by atoms with van der Waals surface area (Å²) in [5.41, 5.74) is 0.357. The molecule has 18 heavy (non-hydrogen) atoms. The van der Waals surface area contributed by atoms with Crippen molar-refractivity contribution in [3.63, 3.8) is 0 Å². The topological polar surface area (TPSA) is 67.6 Å². The fourth-order valence-corrected chi connectivity index (χ4v) is 2.24. The molecule has 1 N–H and O–H groups in total. The van der Waals surface area contributed by atoms with Crippen LogP contribution in [0.1, 0.15) is 29.6 Å². The van der Waals surface area contributed by atoms with Crippen LogP contribution in [0.5, 0.6) is 0 Å². The SMILES string of the molecule is CCN(C(=O)c1cc(COC)on1)C1CCNC1. The summed E-state index contributed by atoms with van der Waals surface area (Å²) in [7, 11) is 1.58. The molecule has 0 aliphatic carbocycles. The highest BCUT2D eigenvalue weighted by Gasteiger charge is 2.27. The molecule has 1 saturated heterocycles. The summed E-state index contributed by atoms with van der Waals surface area (Å²) in [5.74, 6) is 0.499. The highest BCUT2D eigenvalue weighted by atomic mass is 16.5. The van der Waals surface area contributed by atoms with Crippen LogP contribution in [0.4, 0.5) is 0 Å². The van der Waals surface area contributed by atoms with Gasteiger partial charge in [0.05, 0.1) is 0 Å². The lowest BCUT2D eigenvalue weighted by atomic mass is 10.2. The first kappa shape index (κ1) is 13.0. The van der Waals surface area contributed by atoms with Gasteiger partial charge in [-0.05, 0) is 19.9 Å². The molecule has 1 aliphatic heterocycles. The number of nitrogens with one attached hydrogen (secondary N) is 1. The molecule has 0 radical (unpaired) electrons. The first-order valence-corrected chi connectivity index (χ1v) is 6.22. The maximum atomic E-state index is 12.3. The summed E-state index contributed by atoms with van der Waals surface area (Å²) in [5, 5.41) is 7.07. The van der Waals surface area contributed by atoms with Crippen LogP contribution < -0.4 is 5.32 Å². The van der Waals surface area contributed by atoms with Gasteiger partial charge in [0, 0.05) is 32.3 Å². The van der Waals surface area contributed by atoms with Crippen molar-refractivity contribution < 1.29 is 14.1 Å². The van der Waals surface area contributed by atoms with Gasteiger partial charge in [0.25, 0.3) is 5.91 Å². The number of hydrogen-bond donors (Lipinski definition) is 1. The van der Waals surface area contributed by atoms with Crippen molar-refractivity contribution >= 4 is 5.91 Å². The first-order valence-electron chi connectivity index (χ1n) is 6.22. The lowest BCUT2D eigenvalue weighted by Gasteiger charge is -2.26. The molecule has 0 aromatic carbocycles. The van der Waals surface area contributed by atoms with Crippen LogP contribution in [0, 0.1) is 0 Å². The molecule has 2 rings (SSSR count). The van der Waals surface area contributed by atoms with Crippen molar-refractivity contribution in [2.75, 3.05) is 26.7 Å². The molecule has 0 spiro atoms. The van der Waals surface area contributed by atoms with Crippen molar-refractivity contribution in [2.24, 2.45) is 0 Å². The van der Waals surface area contributed by atoms with Crippen LogP contribution in [0.3, 0.4) is 0 Å². The zero-order chi connectivity index (χ0) is 13.0. The van der Waals surface area contributed by atoms with E-state index in [0.29, 0.717) is 24.6 Å². The molecule has 1 amide bonds. The first-order chi connectivity index (χ1) is 8.76. The van der Waals surface area contributed by atoms with Crippen LogP contribution in [-0.2, 0) is 11.3 Å². The monoisotopic (exact) mass is 253 g/mol. The third-order valence-electron chi connectivity index (χ3n) is 3.14. The third kappa shape index (κ3) is 2.70. The van der Waals surface area contributed by atoms with E-state index in [0.717, 1.165) is 19.5 Å². The summed E-state index contributed by atoms with van der Waals surface area (Å²) in [6, 6.07) is 1.90. The molecule has 0 bridgehead atoms. The van der Waals surface area contributed by atoms with Gasteiger partial charge in [0.1, 0.15) is 6.61 Å². The summed E-state index contributed by atoms with van der Waals surface area (Å²) < 4.78 is 9.98. The van der Waals surface area contributed by atoms with Gasteiger partial charge < -0.3 is 19.5 Å². The number of aromatic nitrogens is 1. The van der Waals surface area contributed by atoms with Crippen LogP contribution >= 0.6 is 0 Å². The molecule has 6 heteroatoms. The van der Waals surface area contributed by atoms with Crippen LogP contribution in [-0.4, -0.2) is 48.7 Å². The van der Waals surface area contributed by atoms with E-state index in [1.165, 1.54) is 0 Å². The molecule has 1 aromatic rings. The number of rotatable bonds is 5. The average Bonchev–Trinajstić information content (AvgIpc) is 3.01. The van der Waals surface area contributed by atoms with E-state index in [9.17, 15) is 4.79 Å². The number of methoxy groups -OCH3 is 1. The predicted molar refractivity (Wildman–Crippen MR) is 65.2 cm³/mol. The van der Waals surface area contributed by atoms with Gasteiger partial charge in [-0.2, -0.15) is 0 Å². The molecule has 1 aromatic heterocycles. The minimum absolute atomic E-state index is 0.0719. The Morgan fingerprint density at radius 2 is 2.56 bits per heavy atom. The molecule has 0 saturated carbocycles. The van der Waals surface area contributed by atoms with Gasteiger partial charge in [-0.3, -0.25) is 4.79 Å². The van der Waals surface area contributed by atoms with E-state index >= 15 is 0 Å². The van der Waals surface area contributed by atoms with E-state index in [2.05, 4.69) is 10.5 Å². The Morgan fingerprint density at radius 1 is 1.72 bits per heavy atom. The molecule has 2 heterocycles. The molecule has 1 unspecified atom stereocenters. The second-order valence-electron chi connectivity index (χ2n) is 4.35. The van der Waals surface area contributed by atoms with E-state index in [1.807, 2.05) is 11.8 Å². The van der Waals surface area contributed by atoms with Gasteiger partial charge in [-0.1, -0.05) is 5.16 Å². The smallest absolute Gasteiger partial charge is 0.276 e. The largest absolute Gasteiger partial charge is 0.377 e. The van der Waals surface area contributed by atoms with Gasteiger partial charge in [-0.25, -0.2) is 0 Å². The van der Waals surface area contributed by atoms with Crippen LogP contribution in [0.25, 0.3) is 0 Å². The van der Waals surface area contributed by atoms with Crippen molar-refractivity contribution in [1.82, 2.24) is 15.4 Å². The second-order valence-corrected chi connectivity index (χ2v) is 4.35. The molecular weight excluding hydrogens is 234 g/mol. The van der Waals surface area contributed by atoms with Crippen molar-refractivity contribution in [3.8, 4) is 0 Å². The summed E-state index contributed by atoms with van der Waals surface area (Å²) >= 11 is 0. The molecule has 6 nitrogen and oxygen atoms in total. The molecule has 1 aliphatic rings. The number of amides is 1. The Balaban J connectivity index is 2.07. The van der Waals surface area contributed by atoms with E-state index in [4.69, 9.17) is 9.26 Å². The van der Waals surface area contributed by atoms with Crippen molar-refractivity contribution in [1.29, 1.82) is 0 Å². The van der Waals surface area contributed by atoms with Crippen LogP contribution in [0.2, 0.25) is 0 Å². The van der Waals surface area contributed by atoms with Gasteiger partial charge in [0.2, 0.25) is 0 Å². The predicted octanol–water partition coefficient (Wildman–Crippen LogP) is 0.645. The molecular formula is C12H19N3O3. The molecule has 1 atom stereocenters.